The molecular formula is C23H26N4O4S2. The smallest absolute Gasteiger partial charge is 0.223 e. The Balaban J connectivity index is 1.71. The molecule has 2 aromatic carbocycles. The molecule has 0 radical (unpaired) electrons. The van der Waals surface area contributed by atoms with E-state index in [1.165, 1.54) is 18.3 Å². The van der Waals surface area contributed by atoms with Gasteiger partial charge in [-0.15, -0.1) is 11.3 Å². The summed E-state index contributed by atoms with van der Waals surface area (Å²) in [5, 5.41) is 6.23. The number of benzene rings is 2. The molecule has 5 N–H and O–H groups in total. The van der Waals surface area contributed by atoms with Gasteiger partial charge in [0, 0.05) is 23.9 Å². The fourth-order valence-electron chi connectivity index (χ4n) is 3.26. The van der Waals surface area contributed by atoms with Crippen LogP contribution < -0.4 is 16.4 Å². The molecular weight excluding hydrogens is 460 g/mol. The largest absolute Gasteiger partial charge is 0.364 e. The highest BCUT2D eigenvalue weighted by Gasteiger charge is 2.13. The summed E-state index contributed by atoms with van der Waals surface area (Å²) in [6.45, 7) is 1.46. The van der Waals surface area contributed by atoms with Gasteiger partial charge in [0.1, 0.15) is 6.17 Å². The van der Waals surface area contributed by atoms with Gasteiger partial charge in [-0.05, 0) is 41.7 Å². The molecule has 1 heterocycles. The first kappa shape index (κ1) is 24.7. The van der Waals surface area contributed by atoms with Crippen molar-refractivity contribution >= 4 is 45.4 Å². The van der Waals surface area contributed by atoms with Gasteiger partial charge < -0.3 is 20.9 Å². The van der Waals surface area contributed by atoms with Gasteiger partial charge in [-0.1, -0.05) is 36.4 Å². The molecule has 2 atom stereocenters. The number of thiazole rings is 1. The Kier molecular flexibility index (Phi) is 8.84. The van der Waals surface area contributed by atoms with Crippen molar-refractivity contribution in [1.82, 2.24) is 4.98 Å². The van der Waals surface area contributed by atoms with Crippen molar-refractivity contribution in [1.29, 1.82) is 0 Å². The number of nitrogens with one attached hydrogen (secondary N) is 2. The number of nitrogens with zero attached hydrogens (tertiary/aromatic N) is 1. The maximum Gasteiger partial charge on any atom is 0.223 e. The van der Waals surface area contributed by atoms with Crippen LogP contribution in [0.25, 0.3) is 0 Å². The SMILES string of the molecule is CC(=O)Nc1nc(CCc2ccc(NC(N)C=O)cc2)c(Cc2ccc(CS(=O)O)cc2)s1. The number of carbonyl (C=O) groups excluding carboxylic acids is 2. The molecule has 33 heavy (non-hydrogen) atoms. The van der Waals surface area contributed by atoms with Crippen LogP contribution in [0.5, 0.6) is 0 Å². The quantitative estimate of drug-likeness (QED) is 0.186. The molecule has 0 aliphatic carbocycles. The minimum Gasteiger partial charge on any atom is -0.364 e. The molecule has 0 bridgehead atoms. The van der Waals surface area contributed by atoms with Crippen LogP contribution in [0, 0.1) is 0 Å². The summed E-state index contributed by atoms with van der Waals surface area (Å²) in [6.07, 6.45) is 2.03. The van der Waals surface area contributed by atoms with Gasteiger partial charge >= 0.3 is 0 Å². The Morgan fingerprint density at radius 1 is 1.12 bits per heavy atom. The van der Waals surface area contributed by atoms with Crippen molar-refractivity contribution in [2.24, 2.45) is 5.73 Å². The van der Waals surface area contributed by atoms with Gasteiger partial charge in [0.15, 0.2) is 22.5 Å². The Morgan fingerprint density at radius 2 is 1.76 bits per heavy atom. The maximum absolute atomic E-state index is 11.5. The van der Waals surface area contributed by atoms with E-state index in [0.29, 0.717) is 24.3 Å². The summed E-state index contributed by atoms with van der Waals surface area (Å²) < 4.78 is 20.0. The van der Waals surface area contributed by atoms with Crippen LogP contribution in [-0.2, 0) is 45.7 Å². The summed E-state index contributed by atoms with van der Waals surface area (Å²) in [5.41, 5.74) is 10.3. The highest BCUT2D eigenvalue weighted by molar-refractivity contribution is 7.78. The number of nitrogens with two attached hydrogens (primary N) is 1. The van der Waals surface area contributed by atoms with E-state index >= 15 is 0 Å². The molecule has 0 fully saturated rings. The molecule has 3 aromatic rings. The van der Waals surface area contributed by atoms with Crippen molar-refractivity contribution in [3.8, 4) is 0 Å². The number of aldehydes is 1. The number of amides is 1. The van der Waals surface area contributed by atoms with Crippen molar-refractivity contribution in [2.75, 3.05) is 10.6 Å². The first-order valence-corrected chi connectivity index (χ1v) is 12.4. The predicted octanol–water partition coefficient (Wildman–Crippen LogP) is 3.09. The number of carbonyl (C=O) groups is 2. The molecule has 3 rings (SSSR count). The van der Waals surface area contributed by atoms with Crippen LogP contribution >= 0.6 is 11.3 Å². The van der Waals surface area contributed by atoms with Gasteiger partial charge in [0.25, 0.3) is 0 Å². The summed E-state index contributed by atoms with van der Waals surface area (Å²) >= 11 is -0.411. The molecule has 1 amide bonds. The molecule has 2 unspecified atom stereocenters. The Hall–Kier alpha value is -2.92. The first-order chi connectivity index (χ1) is 15.8. The van der Waals surface area contributed by atoms with Crippen LogP contribution in [0.15, 0.2) is 48.5 Å². The lowest BCUT2D eigenvalue weighted by Gasteiger charge is -2.09. The van der Waals surface area contributed by atoms with E-state index < -0.39 is 17.2 Å². The number of aromatic nitrogens is 1. The first-order valence-electron chi connectivity index (χ1n) is 10.3. The molecule has 0 saturated heterocycles. The van der Waals surface area contributed by atoms with E-state index in [9.17, 15) is 13.8 Å². The fourth-order valence-corrected chi connectivity index (χ4v) is 4.82. The fraction of sp³-hybridized carbons (Fsp3) is 0.261. The third kappa shape index (κ3) is 7.86. The number of hydrogen-bond donors (Lipinski definition) is 4. The highest BCUT2D eigenvalue weighted by Crippen LogP contribution is 2.27. The molecule has 174 valence electrons. The highest BCUT2D eigenvalue weighted by atomic mass is 32.2. The average Bonchev–Trinajstić information content (AvgIpc) is 3.14. The predicted molar refractivity (Wildman–Crippen MR) is 132 cm³/mol. The minimum absolute atomic E-state index is 0.105. The van der Waals surface area contributed by atoms with E-state index in [1.807, 2.05) is 48.5 Å². The Morgan fingerprint density at radius 3 is 2.36 bits per heavy atom. The maximum atomic E-state index is 11.5. The molecule has 10 heteroatoms. The van der Waals surface area contributed by atoms with E-state index in [0.717, 1.165) is 39.4 Å². The molecule has 1 aromatic heterocycles. The number of aryl methyl sites for hydroxylation is 2. The lowest BCUT2D eigenvalue weighted by molar-refractivity contribution is -0.114. The van der Waals surface area contributed by atoms with Crippen LogP contribution in [0.3, 0.4) is 0 Å². The van der Waals surface area contributed by atoms with Crippen LogP contribution in [-0.4, -0.2) is 32.1 Å². The normalized spacial score (nSPS) is 12.7. The molecule has 0 aliphatic heterocycles. The Bertz CT molecular complexity index is 1110. The second-order valence-electron chi connectivity index (χ2n) is 7.53. The lowest BCUT2D eigenvalue weighted by atomic mass is 10.0. The zero-order valence-electron chi connectivity index (χ0n) is 18.1. The van der Waals surface area contributed by atoms with Crippen LogP contribution in [0.4, 0.5) is 10.8 Å². The summed E-state index contributed by atoms with van der Waals surface area (Å²) in [5.74, 6) is -0.0615. The van der Waals surface area contributed by atoms with Crippen LogP contribution in [0.1, 0.15) is 34.2 Å². The lowest BCUT2D eigenvalue weighted by Crippen LogP contribution is -2.30. The van der Waals surface area contributed by atoms with Gasteiger partial charge in [-0.2, -0.15) is 0 Å². The van der Waals surface area contributed by atoms with Crippen molar-refractivity contribution < 1.29 is 18.4 Å². The number of hydrogen-bond acceptors (Lipinski definition) is 7. The zero-order chi connectivity index (χ0) is 23.8. The van der Waals surface area contributed by atoms with Crippen molar-refractivity contribution in [3.63, 3.8) is 0 Å². The molecule has 0 spiro atoms. The van der Waals surface area contributed by atoms with Gasteiger partial charge in [0.2, 0.25) is 5.91 Å². The van der Waals surface area contributed by atoms with Gasteiger partial charge in [-0.3, -0.25) is 9.59 Å². The monoisotopic (exact) mass is 486 g/mol. The average molecular weight is 487 g/mol. The summed E-state index contributed by atoms with van der Waals surface area (Å²) in [4.78, 5) is 27.9. The van der Waals surface area contributed by atoms with Gasteiger partial charge in [0.05, 0.1) is 11.4 Å². The standard InChI is InChI=1S/C23H26N4O4S2/c1-15(29)25-23-27-20(11-8-16-6-9-19(10-7-16)26-22(24)13-28)21(32-23)12-17-2-4-18(5-3-17)14-33(30)31/h2-7,9-10,13,22,26H,8,11-12,14,24H2,1H3,(H,30,31)(H,25,27,29). The van der Waals surface area contributed by atoms with E-state index in [4.69, 9.17) is 10.3 Å². The second-order valence-corrected chi connectivity index (χ2v) is 9.55. The molecule has 0 saturated carbocycles. The number of anilines is 2. The third-order valence-electron chi connectivity index (χ3n) is 4.82. The topological polar surface area (TPSA) is 134 Å². The third-order valence-corrected chi connectivity index (χ3v) is 6.42. The minimum atomic E-state index is -1.87. The second kappa shape index (κ2) is 11.8. The van der Waals surface area contributed by atoms with Crippen LogP contribution in [0.2, 0.25) is 0 Å². The van der Waals surface area contributed by atoms with E-state index in [2.05, 4.69) is 15.6 Å². The number of rotatable bonds is 11. The molecule has 8 nitrogen and oxygen atoms in total. The zero-order valence-corrected chi connectivity index (χ0v) is 19.7. The van der Waals surface area contributed by atoms with Gasteiger partial charge in [-0.25, -0.2) is 9.19 Å². The van der Waals surface area contributed by atoms with E-state index in [-0.39, 0.29) is 11.7 Å². The summed E-state index contributed by atoms with van der Waals surface area (Å²) in [7, 11) is 0. The van der Waals surface area contributed by atoms with Crippen molar-refractivity contribution in [2.45, 2.75) is 38.1 Å². The van der Waals surface area contributed by atoms with Crippen molar-refractivity contribution in [3.05, 3.63) is 75.8 Å². The Labute approximate surface area is 198 Å². The molecule has 0 aliphatic rings. The van der Waals surface area contributed by atoms with E-state index in [1.54, 1.807) is 0 Å². The summed E-state index contributed by atoms with van der Waals surface area (Å²) in [6, 6.07) is 15.3.